The lowest BCUT2D eigenvalue weighted by Gasteiger charge is -2.18. The zero-order chi connectivity index (χ0) is 16.6. The van der Waals surface area contributed by atoms with Gasteiger partial charge < -0.3 is 4.90 Å². The van der Waals surface area contributed by atoms with Gasteiger partial charge in [0.1, 0.15) is 0 Å². The number of hydrogen-bond donors (Lipinski definition) is 0. The molecule has 3 nitrogen and oxygen atoms in total. The zero-order valence-corrected chi connectivity index (χ0v) is 12.3. The molecule has 1 aliphatic rings. The Morgan fingerprint density at radius 3 is 2.57 bits per heavy atom. The van der Waals surface area contributed by atoms with E-state index in [-0.39, 0.29) is 17.8 Å². The predicted octanol–water partition coefficient (Wildman–Crippen LogP) is 3.52. The minimum absolute atomic E-state index is 0.0828. The lowest BCUT2D eigenvalue weighted by atomic mass is 9.98. The number of hydrogen-bond acceptors (Lipinski definition) is 2. The van der Waals surface area contributed by atoms with Crippen LogP contribution in [0.15, 0.2) is 53.5 Å². The molecule has 0 fully saturated rings. The van der Waals surface area contributed by atoms with Crippen LogP contribution in [0.25, 0.3) is 0 Å². The Hall–Kier alpha value is -2.63. The van der Waals surface area contributed by atoms with Crippen molar-refractivity contribution in [1.82, 2.24) is 0 Å². The Labute approximate surface area is 131 Å². The van der Waals surface area contributed by atoms with E-state index >= 15 is 0 Å². The highest BCUT2D eigenvalue weighted by molar-refractivity contribution is 6.20. The molecule has 0 aromatic heterocycles. The number of rotatable bonds is 1. The molecule has 0 atom stereocenters. The van der Waals surface area contributed by atoms with E-state index in [2.05, 4.69) is 4.99 Å². The van der Waals surface area contributed by atoms with Crippen molar-refractivity contribution in [3.05, 3.63) is 65.2 Å². The number of likely N-dealkylation sites (N-methyl/N-ethyl adjacent to an activating group) is 1. The smallest absolute Gasteiger partial charge is 0.365 e. The Balaban J connectivity index is 2.18. The third-order valence-electron chi connectivity index (χ3n) is 3.64. The molecule has 1 amide bonds. The highest BCUT2D eigenvalue weighted by Gasteiger charge is 2.31. The fraction of sp³-hybridized carbons (Fsp3) is 0.176. The monoisotopic (exact) mass is 318 g/mol. The predicted molar refractivity (Wildman–Crippen MR) is 81.8 cm³/mol. The lowest BCUT2D eigenvalue weighted by Crippen LogP contribution is -2.23. The van der Waals surface area contributed by atoms with Crippen molar-refractivity contribution in [3.8, 4) is 0 Å². The quantitative estimate of drug-likeness (QED) is 0.806. The molecule has 118 valence electrons. The van der Waals surface area contributed by atoms with Gasteiger partial charge in [-0.3, -0.25) is 4.79 Å². The summed E-state index contributed by atoms with van der Waals surface area (Å²) in [5, 5.41) is 0. The number of benzene rings is 2. The number of nitrogens with zero attached hydrogens (tertiary/aromatic N) is 2. The first-order valence-corrected chi connectivity index (χ1v) is 6.96. The number of carbonyl (C=O) groups is 1. The molecule has 0 radical (unpaired) electrons. The number of aliphatic imine (C=N–C) groups is 1. The number of anilines is 1. The summed E-state index contributed by atoms with van der Waals surface area (Å²) in [6.07, 6.45) is -4.44. The topological polar surface area (TPSA) is 32.7 Å². The molecule has 0 bridgehead atoms. The molecule has 2 aromatic carbocycles. The number of fused-ring (bicyclic) bond motifs is 1. The van der Waals surface area contributed by atoms with Gasteiger partial charge in [-0.1, -0.05) is 30.3 Å². The van der Waals surface area contributed by atoms with Crippen molar-refractivity contribution in [1.29, 1.82) is 0 Å². The van der Waals surface area contributed by atoms with Gasteiger partial charge in [-0.15, -0.1) is 0 Å². The summed E-state index contributed by atoms with van der Waals surface area (Å²) in [5.74, 6) is -0.392. The largest absolute Gasteiger partial charge is 0.416 e. The summed E-state index contributed by atoms with van der Waals surface area (Å²) in [6, 6.07) is 12.0. The third kappa shape index (κ3) is 2.97. The van der Waals surface area contributed by atoms with E-state index in [0.29, 0.717) is 5.56 Å². The van der Waals surface area contributed by atoms with E-state index in [0.717, 1.165) is 17.8 Å². The van der Waals surface area contributed by atoms with Crippen molar-refractivity contribution < 1.29 is 18.0 Å². The van der Waals surface area contributed by atoms with Crippen LogP contribution >= 0.6 is 0 Å². The summed E-state index contributed by atoms with van der Waals surface area (Å²) in [6.45, 7) is 0.0828. The fourth-order valence-corrected chi connectivity index (χ4v) is 2.58. The van der Waals surface area contributed by atoms with Gasteiger partial charge in [0.2, 0.25) is 0 Å². The van der Waals surface area contributed by atoms with E-state index in [1.165, 1.54) is 12.1 Å². The first-order chi connectivity index (χ1) is 10.9. The van der Waals surface area contributed by atoms with Crippen LogP contribution in [0.1, 0.15) is 16.7 Å². The average molecular weight is 318 g/mol. The molecular formula is C17H13F3N2O. The van der Waals surface area contributed by atoms with Gasteiger partial charge in [-0.2, -0.15) is 13.2 Å². The van der Waals surface area contributed by atoms with E-state index in [4.69, 9.17) is 0 Å². The number of para-hydroxylation sites is 1. The molecule has 0 saturated heterocycles. The van der Waals surface area contributed by atoms with Gasteiger partial charge in [0.15, 0.2) is 0 Å². The molecule has 0 aliphatic carbocycles. The second kappa shape index (κ2) is 5.53. The third-order valence-corrected chi connectivity index (χ3v) is 3.64. The molecule has 0 N–H and O–H groups in total. The molecular weight excluding hydrogens is 305 g/mol. The van der Waals surface area contributed by atoms with Crippen LogP contribution in [0, 0.1) is 0 Å². The Morgan fingerprint density at radius 1 is 1.09 bits per heavy atom. The van der Waals surface area contributed by atoms with Crippen LogP contribution in [0.4, 0.5) is 18.9 Å². The van der Waals surface area contributed by atoms with Gasteiger partial charge in [0.05, 0.1) is 17.8 Å². The molecule has 3 rings (SSSR count). The Morgan fingerprint density at radius 2 is 1.83 bits per heavy atom. The molecule has 23 heavy (non-hydrogen) atoms. The zero-order valence-electron chi connectivity index (χ0n) is 12.3. The number of amides is 1. The summed E-state index contributed by atoms with van der Waals surface area (Å²) in [5.41, 5.74) is 1.17. The highest BCUT2D eigenvalue weighted by Crippen LogP contribution is 2.31. The van der Waals surface area contributed by atoms with Crippen molar-refractivity contribution in [2.45, 2.75) is 6.18 Å². The molecule has 0 unspecified atom stereocenters. The van der Waals surface area contributed by atoms with Crippen LogP contribution in [-0.4, -0.2) is 25.2 Å². The van der Waals surface area contributed by atoms with Crippen LogP contribution in [0.2, 0.25) is 0 Å². The van der Waals surface area contributed by atoms with Crippen LogP contribution in [0.5, 0.6) is 0 Å². The first-order valence-electron chi connectivity index (χ1n) is 6.96. The Bertz CT molecular complexity index is 796. The second-order valence-electron chi connectivity index (χ2n) is 5.31. The number of halogens is 3. The van der Waals surface area contributed by atoms with Gasteiger partial charge in [-0.05, 0) is 18.2 Å². The van der Waals surface area contributed by atoms with Crippen molar-refractivity contribution >= 4 is 17.3 Å². The number of alkyl halides is 3. The van der Waals surface area contributed by atoms with E-state index in [9.17, 15) is 18.0 Å². The summed E-state index contributed by atoms with van der Waals surface area (Å²) in [7, 11) is 1.75. The average Bonchev–Trinajstić information content (AvgIpc) is 2.64. The standard InChI is InChI=1S/C17H13F3N2O/c1-22-10-15(23)21-16(13-7-2-3-8-14(13)22)11-5-4-6-12(9-11)17(18,19)20/h2-9H,10H2,1H3. The van der Waals surface area contributed by atoms with E-state index < -0.39 is 17.6 Å². The minimum atomic E-state index is -4.44. The summed E-state index contributed by atoms with van der Waals surface area (Å²) in [4.78, 5) is 17.7. The maximum absolute atomic E-state index is 12.9. The molecule has 0 saturated carbocycles. The van der Waals surface area contributed by atoms with Gasteiger partial charge in [0, 0.05) is 23.9 Å². The Kier molecular flexibility index (Phi) is 3.67. The van der Waals surface area contributed by atoms with Crippen LogP contribution < -0.4 is 4.90 Å². The number of benzodiazepines with no additional fused rings is 1. The maximum atomic E-state index is 12.9. The lowest BCUT2D eigenvalue weighted by molar-refractivity contribution is -0.137. The summed E-state index contributed by atoms with van der Waals surface area (Å²) >= 11 is 0. The van der Waals surface area contributed by atoms with Gasteiger partial charge >= 0.3 is 6.18 Å². The second-order valence-corrected chi connectivity index (χ2v) is 5.31. The van der Waals surface area contributed by atoms with Crippen molar-refractivity contribution in [2.75, 3.05) is 18.5 Å². The fourth-order valence-electron chi connectivity index (χ4n) is 2.58. The molecule has 1 aliphatic heterocycles. The van der Waals surface area contributed by atoms with Crippen molar-refractivity contribution in [3.63, 3.8) is 0 Å². The molecule has 0 spiro atoms. The SMILES string of the molecule is CN1CC(=O)N=C(c2cccc(C(F)(F)F)c2)c2ccccc21. The maximum Gasteiger partial charge on any atom is 0.416 e. The van der Waals surface area contributed by atoms with Crippen molar-refractivity contribution in [2.24, 2.45) is 4.99 Å². The van der Waals surface area contributed by atoms with Crippen LogP contribution in [-0.2, 0) is 11.0 Å². The molecule has 1 heterocycles. The normalized spacial score (nSPS) is 15.0. The first kappa shape index (κ1) is 15.3. The van der Waals surface area contributed by atoms with Gasteiger partial charge in [0.25, 0.3) is 5.91 Å². The minimum Gasteiger partial charge on any atom is -0.365 e. The molecule has 2 aromatic rings. The van der Waals surface area contributed by atoms with Crippen LogP contribution in [0.3, 0.4) is 0 Å². The highest BCUT2D eigenvalue weighted by atomic mass is 19.4. The van der Waals surface area contributed by atoms with E-state index in [1.54, 1.807) is 24.1 Å². The summed E-state index contributed by atoms with van der Waals surface area (Å²) < 4.78 is 38.8. The van der Waals surface area contributed by atoms with E-state index in [1.807, 2.05) is 12.1 Å². The van der Waals surface area contributed by atoms with Gasteiger partial charge in [-0.25, -0.2) is 4.99 Å². The molecule has 6 heteroatoms. The number of carbonyl (C=O) groups excluding carboxylic acids is 1.